The Labute approximate surface area is 135 Å². The minimum atomic E-state index is -0.543. The van der Waals surface area contributed by atoms with E-state index in [1.165, 1.54) is 5.56 Å². The Bertz CT molecular complexity index is 598. The second-order valence-corrected chi connectivity index (χ2v) is 5.94. The largest absolute Gasteiger partial charge is 0.353 e. The van der Waals surface area contributed by atoms with Gasteiger partial charge in [0.2, 0.25) is 11.8 Å². The molecule has 0 saturated carbocycles. The fourth-order valence-electron chi connectivity index (χ4n) is 2.31. The van der Waals surface area contributed by atoms with Crippen LogP contribution < -0.4 is 16.4 Å². The molecule has 4 N–H and O–H groups in total. The van der Waals surface area contributed by atoms with E-state index in [9.17, 15) is 14.4 Å². The highest BCUT2D eigenvalue weighted by Gasteiger charge is 2.28. The minimum absolute atomic E-state index is 0.0883. The summed E-state index contributed by atoms with van der Waals surface area (Å²) >= 11 is 0. The van der Waals surface area contributed by atoms with Gasteiger partial charge in [0.05, 0.1) is 0 Å². The second-order valence-electron chi connectivity index (χ2n) is 5.94. The Morgan fingerprint density at radius 2 is 1.87 bits per heavy atom. The van der Waals surface area contributed by atoms with Gasteiger partial charge in [0, 0.05) is 12.6 Å². The van der Waals surface area contributed by atoms with E-state index >= 15 is 0 Å². The lowest BCUT2D eigenvalue weighted by molar-refractivity contribution is -0.122. The van der Waals surface area contributed by atoms with Crippen molar-refractivity contribution in [2.24, 2.45) is 5.73 Å². The normalized spacial score (nSPS) is 15.7. The number of urea groups is 1. The summed E-state index contributed by atoms with van der Waals surface area (Å²) in [6.45, 7) is 4.26. The average Bonchev–Trinajstić information content (AvgIpc) is 2.82. The van der Waals surface area contributed by atoms with Gasteiger partial charge >= 0.3 is 6.03 Å². The number of imide groups is 1. The number of carbonyl (C=O) groups is 3. The van der Waals surface area contributed by atoms with Crippen molar-refractivity contribution in [3.63, 3.8) is 0 Å². The molecule has 1 unspecified atom stereocenters. The van der Waals surface area contributed by atoms with Crippen LogP contribution in [0, 0.1) is 0 Å². The van der Waals surface area contributed by atoms with Crippen molar-refractivity contribution >= 4 is 17.8 Å². The fourth-order valence-corrected chi connectivity index (χ4v) is 2.31. The molecule has 0 aromatic heterocycles. The average molecular weight is 318 g/mol. The lowest BCUT2D eigenvalue weighted by Crippen LogP contribution is -2.41. The smallest absolute Gasteiger partial charge is 0.325 e. The first-order valence-electron chi connectivity index (χ1n) is 7.57. The van der Waals surface area contributed by atoms with Gasteiger partial charge in [-0.15, -0.1) is 0 Å². The number of carbonyl (C=O) groups excluding carboxylic acids is 3. The summed E-state index contributed by atoms with van der Waals surface area (Å²) in [4.78, 5) is 35.4. The van der Waals surface area contributed by atoms with Gasteiger partial charge in [-0.25, -0.2) is 4.79 Å². The summed E-state index contributed by atoms with van der Waals surface area (Å²) in [6, 6.07) is 7.11. The first-order valence-corrected chi connectivity index (χ1v) is 7.57. The maximum Gasteiger partial charge on any atom is 0.325 e. The van der Waals surface area contributed by atoms with Crippen LogP contribution in [0.3, 0.4) is 0 Å². The summed E-state index contributed by atoms with van der Waals surface area (Å²) < 4.78 is 0. The molecule has 1 aromatic rings. The standard InChI is InChI=1S/C16H22N4O3/c1-10(2)11-3-5-12(6-4-11)13(17)7-18-14(21)8-20-9-15(22)19-16(20)23/h3-6,10,13H,7-9,17H2,1-2H3,(H,18,21)(H,19,22,23). The second kappa shape index (κ2) is 7.23. The van der Waals surface area contributed by atoms with Crippen LogP contribution >= 0.6 is 0 Å². The van der Waals surface area contributed by atoms with Crippen LogP contribution in [-0.4, -0.2) is 42.4 Å². The van der Waals surface area contributed by atoms with Crippen molar-refractivity contribution in [1.29, 1.82) is 0 Å². The van der Waals surface area contributed by atoms with E-state index in [0.29, 0.717) is 5.92 Å². The highest BCUT2D eigenvalue weighted by atomic mass is 16.2. The summed E-state index contributed by atoms with van der Waals surface area (Å²) in [5.74, 6) is -0.289. The molecule has 7 nitrogen and oxygen atoms in total. The van der Waals surface area contributed by atoms with E-state index in [1.54, 1.807) is 0 Å². The van der Waals surface area contributed by atoms with E-state index in [1.807, 2.05) is 24.3 Å². The van der Waals surface area contributed by atoms with Gasteiger partial charge in [-0.2, -0.15) is 0 Å². The molecule has 7 heteroatoms. The zero-order valence-electron chi connectivity index (χ0n) is 13.3. The molecule has 0 spiro atoms. The molecule has 1 aliphatic rings. The van der Waals surface area contributed by atoms with Gasteiger partial charge < -0.3 is 16.0 Å². The van der Waals surface area contributed by atoms with E-state index in [-0.39, 0.29) is 31.6 Å². The molecule has 4 amide bonds. The van der Waals surface area contributed by atoms with Crippen molar-refractivity contribution in [1.82, 2.24) is 15.5 Å². The highest BCUT2D eigenvalue weighted by Crippen LogP contribution is 2.17. The van der Waals surface area contributed by atoms with Gasteiger partial charge in [-0.1, -0.05) is 38.1 Å². The zero-order chi connectivity index (χ0) is 17.0. The third kappa shape index (κ3) is 4.53. The lowest BCUT2D eigenvalue weighted by Gasteiger charge is -2.16. The molecule has 0 aliphatic carbocycles. The minimum Gasteiger partial charge on any atom is -0.353 e. The SMILES string of the molecule is CC(C)c1ccc(C(N)CNC(=O)CN2CC(=O)NC2=O)cc1. The molecule has 1 heterocycles. The Hall–Kier alpha value is -2.41. The highest BCUT2D eigenvalue weighted by molar-refractivity contribution is 6.03. The summed E-state index contributed by atoms with van der Waals surface area (Å²) in [6.07, 6.45) is 0. The van der Waals surface area contributed by atoms with Crippen molar-refractivity contribution < 1.29 is 14.4 Å². The molecular weight excluding hydrogens is 296 g/mol. The predicted molar refractivity (Wildman–Crippen MR) is 85.6 cm³/mol. The third-order valence-corrected chi connectivity index (χ3v) is 3.75. The third-order valence-electron chi connectivity index (χ3n) is 3.75. The number of benzene rings is 1. The first kappa shape index (κ1) is 17.0. The molecule has 1 aromatic carbocycles. The van der Waals surface area contributed by atoms with Crippen LogP contribution in [0.4, 0.5) is 4.79 Å². The van der Waals surface area contributed by atoms with E-state index < -0.39 is 11.9 Å². The fraction of sp³-hybridized carbons (Fsp3) is 0.438. The molecule has 0 bridgehead atoms. The van der Waals surface area contributed by atoms with Gasteiger partial charge in [0.15, 0.2) is 0 Å². The zero-order valence-corrected chi connectivity index (χ0v) is 13.3. The molecule has 1 atom stereocenters. The van der Waals surface area contributed by atoms with Crippen molar-refractivity contribution in [2.45, 2.75) is 25.8 Å². The van der Waals surface area contributed by atoms with Gasteiger partial charge in [-0.05, 0) is 17.0 Å². The molecule has 1 saturated heterocycles. The number of amides is 4. The Morgan fingerprint density at radius 1 is 1.26 bits per heavy atom. The molecule has 0 radical (unpaired) electrons. The van der Waals surface area contributed by atoms with E-state index in [2.05, 4.69) is 24.5 Å². The molecule has 1 fully saturated rings. The van der Waals surface area contributed by atoms with Gasteiger partial charge in [-0.3, -0.25) is 14.9 Å². The lowest BCUT2D eigenvalue weighted by atomic mass is 9.99. The summed E-state index contributed by atoms with van der Waals surface area (Å²) in [7, 11) is 0. The maximum atomic E-state index is 11.8. The molecular formula is C16H22N4O3. The predicted octanol–water partition coefficient (Wildman–Crippen LogP) is 0.478. The van der Waals surface area contributed by atoms with E-state index in [0.717, 1.165) is 10.5 Å². The van der Waals surface area contributed by atoms with Crippen LogP contribution in [0.25, 0.3) is 0 Å². The summed E-state index contributed by atoms with van der Waals surface area (Å²) in [5.41, 5.74) is 8.23. The van der Waals surface area contributed by atoms with E-state index in [4.69, 9.17) is 5.73 Å². The quantitative estimate of drug-likeness (QED) is 0.663. The number of nitrogens with two attached hydrogens (primary N) is 1. The number of nitrogens with one attached hydrogen (secondary N) is 2. The molecule has 2 rings (SSSR count). The Morgan fingerprint density at radius 3 is 2.39 bits per heavy atom. The van der Waals surface area contributed by atoms with Crippen molar-refractivity contribution in [2.75, 3.05) is 19.6 Å². The molecule has 1 aliphatic heterocycles. The van der Waals surface area contributed by atoms with Crippen molar-refractivity contribution in [3.05, 3.63) is 35.4 Å². The monoisotopic (exact) mass is 318 g/mol. The van der Waals surface area contributed by atoms with Gasteiger partial charge in [0.25, 0.3) is 0 Å². The number of hydrogen-bond donors (Lipinski definition) is 3. The van der Waals surface area contributed by atoms with Crippen LogP contribution in [0.1, 0.15) is 36.9 Å². The maximum absolute atomic E-state index is 11.8. The topological polar surface area (TPSA) is 105 Å². The van der Waals surface area contributed by atoms with Crippen LogP contribution in [0.2, 0.25) is 0 Å². The first-order chi connectivity index (χ1) is 10.9. The molecule has 23 heavy (non-hydrogen) atoms. The van der Waals surface area contributed by atoms with Crippen LogP contribution in [0.15, 0.2) is 24.3 Å². The number of rotatable bonds is 6. The Balaban J connectivity index is 1.81. The number of hydrogen-bond acceptors (Lipinski definition) is 4. The Kier molecular flexibility index (Phi) is 5.33. The molecule has 124 valence electrons. The van der Waals surface area contributed by atoms with Gasteiger partial charge in [0.1, 0.15) is 13.1 Å². The summed E-state index contributed by atoms with van der Waals surface area (Å²) in [5, 5.41) is 4.80. The number of nitrogens with zero attached hydrogens (tertiary/aromatic N) is 1. The van der Waals surface area contributed by atoms with Crippen LogP contribution in [-0.2, 0) is 9.59 Å². The van der Waals surface area contributed by atoms with Crippen molar-refractivity contribution in [3.8, 4) is 0 Å². The van der Waals surface area contributed by atoms with Crippen LogP contribution in [0.5, 0.6) is 0 Å².